The zero-order valence-electron chi connectivity index (χ0n) is 10.2. The fraction of sp³-hybridized carbons (Fsp3) is 0.500. The molecule has 92 valence electrons. The summed E-state index contributed by atoms with van der Waals surface area (Å²) in [7, 11) is 0. The van der Waals surface area contributed by atoms with Crippen LogP contribution in [0.4, 0.5) is 0 Å². The van der Waals surface area contributed by atoms with Gasteiger partial charge in [-0.2, -0.15) is 0 Å². The van der Waals surface area contributed by atoms with E-state index in [9.17, 15) is 9.90 Å². The Kier molecular flexibility index (Phi) is 3.67. The Hall–Kier alpha value is -1.51. The SMILES string of the molecule is CCC1CCCN1C(=O)Cc1cccc(O)c1. The van der Waals surface area contributed by atoms with Crippen molar-refractivity contribution >= 4 is 5.91 Å². The molecule has 1 aromatic rings. The number of rotatable bonds is 3. The van der Waals surface area contributed by atoms with E-state index in [-0.39, 0.29) is 11.7 Å². The molecule has 1 saturated heterocycles. The van der Waals surface area contributed by atoms with Gasteiger partial charge in [0.15, 0.2) is 0 Å². The largest absolute Gasteiger partial charge is 0.508 e. The zero-order chi connectivity index (χ0) is 12.3. The molecule has 0 aromatic heterocycles. The van der Waals surface area contributed by atoms with E-state index < -0.39 is 0 Å². The maximum atomic E-state index is 12.1. The van der Waals surface area contributed by atoms with Gasteiger partial charge in [-0.3, -0.25) is 4.79 Å². The molecular weight excluding hydrogens is 214 g/mol. The fourth-order valence-corrected chi connectivity index (χ4v) is 2.53. The Morgan fingerprint density at radius 2 is 2.35 bits per heavy atom. The van der Waals surface area contributed by atoms with Gasteiger partial charge in [-0.25, -0.2) is 0 Å². The Morgan fingerprint density at radius 1 is 1.53 bits per heavy atom. The summed E-state index contributed by atoms with van der Waals surface area (Å²) in [5.41, 5.74) is 0.886. The van der Waals surface area contributed by atoms with Crippen LogP contribution >= 0.6 is 0 Å². The number of phenolic OH excluding ortho intramolecular Hbond substituents is 1. The summed E-state index contributed by atoms with van der Waals surface area (Å²) in [6, 6.07) is 7.36. The number of carbonyl (C=O) groups excluding carboxylic acids is 1. The van der Waals surface area contributed by atoms with Crippen LogP contribution in [-0.2, 0) is 11.2 Å². The number of benzene rings is 1. The predicted octanol–water partition coefficient (Wildman–Crippen LogP) is 2.34. The molecule has 1 fully saturated rings. The second-order valence-electron chi connectivity index (χ2n) is 4.64. The molecule has 1 unspecified atom stereocenters. The number of phenols is 1. The average molecular weight is 233 g/mol. The van der Waals surface area contributed by atoms with E-state index in [0.29, 0.717) is 12.5 Å². The molecule has 1 N–H and O–H groups in total. The quantitative estimate of drug-likeness (QED) is 0.870. The molecule has 0 radical (unpaired) electrons. The smallest absolute Gasteiger partial charge is 0.227 e. The average Bonchev–Trinajstić information content (AvgIpc) is 2.77. The molecule has 1 atom stereocenters. The molecular formula is C14H19NO2. The predicted molar refractivity (Wildman–Crippen MR) is 66.8 cm³/mol. The lowest BCUT2D eigenvalue weighted by Gasteiger charge is -2.23. The molecule has 17 heavy (non-hydrogen) atoms. The first kappa shape index (κ1) is 12.0. The van der Waals surface area contributed by atoms with Crippen molar-refractivity contribution in [2.45, 2.75) is 38.6 Å². The van der Waals surface area contributed by atoms with Crippen molar-refractivity contribution < 1.29 is 9.90 Å². The first-order valence-corrected chi connectivity index (χ1v) is 6.28. The van der Waals surface area contributed by atoms with Gasteiger partial charge < -0.3 is 10.0 Å². The van der Waals surface area contributed by atoms with Crippen molar-refractivity contribution in [3.8, 4) is 5.75 Å². The van der Waals surface area contributed by atoms with E-state index in [1.54, 1.807) is 18.2 Å². The highest BCUT2D eigenvalue weighted by atomic mass is 16.3. The molecule has 3 heteroatoms. The lowest BCUT2D eigenvalue weighted by molar-refractivity contribution is -0.131. The monoisotopic (exact) mass is 233 g/mol. The minimum Gasteiger partial charge on any atom is -0.508 e. The third-order valence-corrected chi connectivity index (χ3v) is 3.43. The molecule has 1 aliphatic rings. The summed E-state index contributed by atoms with van der Waals surface area (Å²) < 4.78 is 0. The third kappa shape index (κ3) is 2.78. The molecule has 1 heterocycles. The Bertz CT molecular complexity index is 403. The number of hydrogen-bond donors (Lipinski definition) is 1. The van der Waals surface area contributed by atoms with Crippen molar-refractivity contribution in [1.29, 1.82) is 0 Å². The van der Waals surface area contributed by atoms with E-state index in [1.165, 1.54) is 0 Å². The van der Waals surface area contributed by atoms with Crippen molar-refractivity contribution in [3.05, 3.63) is 29.8 Å². The van der Waals surface area contributed by atoms with Gasteiger partial charge in [-0.1, -0.05) is 19.1 Å². The van der Waals surface area contributed by atoms with E-state index in [1.807, 2.05) is 11.0 Å². The van der Waals surface area contributed by atoms with Crippen molar-refractivity contribution in [3.63, 3.8) is 0 Å². The van der Waals surface area contributed by atoms with Crippen LogP contribution in [0.3, 0.4) is 0 Å². The van der Waals surface area contributed by atoms with Crippen molar-refractivity contribution in [1.82, 2.24) is 4.90 Å². The van der Waals surface area contributed by atoms with Crippen molar-refractivity contribution in [2.24, 2.45) is 0 Å². The summed E-state index contributed by atoms with van der Waals surface area (Å²) in [5.74, 6) is 0.406. The first-order valence-electron chi connectivity index (χ1n) is 6.28. The summed E-state index contributed by atoms with van der Waals surface area (Å²) >= 11 is 0. The number of nitrogens with zero attached hydrogens (tertiary/aromatic N) is 1. The van der Waals surface area contributed by atoms with Crippen LogP contribution < -0.4 is 0 Å². The highest BCUT2D eigenvalue weighted by Gasteiger charge is 2.26. The molecule has 2 rings (SSSR count). The number of carbonyl (C=O) groups is 1. The van der Waals surface area contributed by atoms with Gasteiger partial charge in [0.05, 0.1) is 6.42 Å². The van der Waals surface area contributed by atoms with Crippen LogP contribution in [0, 0.1) is 0 Å². The summed E-state index contributed by atoms with van der Waals surface area (Å²) in [6.07, 6.45) is 3.67. The van der Waals surface area contributed by atoms with Crippen LogP contribution in [0.5, 0.6) is 5.75 Å². The van der Waals surface area contributed by atoms with Gasteiger partial charge in [0.25, 0.3) is 0 Å². The van der Waals surface area contributed by atoms with Crippen LogP contribution in [0.15, 0.2) is 24.3 Å². The maximum absolute atomic E-state index is 12.1. The normalized spacial score (nSPS) is 19.6. The lowest BCUT2D eigenvalue weighted by Crippen LogP contribution is -2.36. The second kappa shape index (κ2) is 5.21. The van der Waals surface area contributed by atoms with Crippen LogP contribution in [0.2, 0.25) is 0 Å². The first-order chi connectivity index (χ1) is 8.20. The number of hydrogen-bond acceptors (Lipinski definition) is 2. The van der Waals surface area contributed by atoms with Gasteiger partial charge in [-0.05, 0) is 37.0 Å². The highest BCUT2D eigenvalue weighted by molar-refractivity contribution is 5.79. The molecule has 0 bridgehead atoms. The minimum atomic E-state index is 0.181. The van der Waals surface area contributed by atoms with E-state index in [0.717, 1.165) is 31.4 Å². The van der Waals surface area contributed by atoms with E-state index in [2.05, 4.69) is 6.92 Å². The standard InChI is InChI=1S/C14H19NO2/c1-2-12-6-4-8-15(12)14(17)10-11-5-3-7-13(16)9-11/h3,5,7,9,12,16H,2,4,6,8,10H2,1H3. The lowest BCUT2D eigenvalue weighted by atomic mass is 10.1. The number of aromatic hydroxyl groups is 1. The second-order valence-corrected chi connectivity index (χ2v) is 4.64. The molecule has 0 aliphatic carbocycles. The Balaban J connectivity index is 2.01. The van der Waals surface area contributed by atoms with E-state index in [4.69, 9.17) is 0 Å². The molecule has 1 aromatic carbocycles. The van der Waals surface area contributed by atoms with Gasteiger partial charge >= 0.3 is 0 Å². The van der Waals surface area contributed by atoms with Gasteiger partial charge in [-0.15, -0.1) is 0 Å². The number of likely N-dealkylation sites (tertiary alicyclic amines) is 1. The number of amides is 1. The Labute approximate surface area is 102 Å². The molecule has 3 nitrogen and oxygen atoms in total. The van der Waals surface area contributed by atoms with Gasteiger partial charge in [0, 0.05) is 12.6 Å². The van der Waals surface area contributed by atoms with Crippen LogP contribution in [0.25, 0.3) is 0 Å². The van der Waals surface area contributed by atoms with Crippen LogP contribution in [0.1, 0.15) is 31.7 Å². The molecule has 1 amide bonds. The van der Waals surface area contributed by atoms with E-state index >= 15 is 0 Å². The summed E-state index contributed by atoms with van der Waals surface area (Å²) in [6.45, 7) is 3.01. The molecule has 0 saturated carbocycles. The third-order valence-electron chi connectivity index (χ3n) is 3.43. The van der Waals surface area contributed by atoms with Gasteiger partial charge in [0.2, 0.25) is 5.91 Å². The fourth-order valence-electron chi connectivity index (χ4n) is 2.53. The highest BCUT2D eigenvalue weighted by Crippen LogP contribution is 2.21. The summed E-state index contributed by atoms with van der Waals surface area (Å²) in [4.78, 5) is 14.1. The molecule has 1 aliphatic heterocycles. The Morgan fingerprint density at radius 3 is 3.06 bits per heavy atom. The zero-order valence-corrected chi connectivity index (χ0v) is 10.2. The minimum absolute atomic E-state index is 0.181. The topological polar surface area (TPSA) is 40.5 Å². The van der Waals surface area contributed by atoms with Crippen molar-refractivity contribution in [2.75, 3.05) is 6.54 Å². The van der Waals surface area contributed by atoms with Crippen LogP contribution in [-0.4, -0.2) is 28.5 Å². The summed E-state index contributed by atoms with van der Waals surface area (Å²) in [5, 5.41) is 9.36. The molecule has 0 spiro atoms. The maximum Gasteiger partial charge on any atom is 0.227 e. The van der Waals surface area contributed by atoms with Gasteiger partial charge in [0.1, 0.15) is 5.75 Å².